The van der Waals surface area contributed by atoms with Crippen molar-refractivity contribution in [2.75, 3.05) is 0 Å². The number of rotatable bonds is 4. The Hall–Kier alpha value is -1.21. The molecule has 2 heteroatoms. The normalized spacial score (nSPS) is 11.5. The van der Waals surface area contributed by atoms with Crippen molar-refractivity contribution in [3.05, 3.63) is 57.9 Å². The van der Waals surface area contributed by atoms with Crippen LogP contribution >= 0.6 is 11.6 Å². The van der Waals surface area contributed by atoms with E-state index in [2.05, 4.69) is 44.8 Å². The van der Waals surface area contributed by atoms with E-state index in [1.165, 1.54) is 22.5 Å². The van der Waals surface area contributed by atoms with Crippen LogP contribution in [0.1, 0.15) is 62.0 Å². The zero-order valence-corrected chi connectivity index (χ0v) is 12.9. The lowest BCUT2D eigenvalue weighted by Crippen LogP contribution is -1.95. The molecular formula is C17H22ClN. The van der Waals surface area contributed by atoms with Gasteiger partial charge in [0.1, 0.15) is 0 Å². The molecule has 2 aromatic rings. The van der Waals surface area contributed by atoms with E-state index in [4.69, 9.17) is 11.6 Å². The summed E-state index contributed by atoms with van der Waals surface area (Å²) in [5.74, 6) is 1.09. The maximum Gasteiger partial charge on any atom is 0.0408 e. The first kappa shape index (κ1) is 14.2. The molecule has 0 radical (unpaired) electrons. The molecule has 0 saturated heterocycles. The van der Waals surface area contributed by atoms with Crippen LogP contribution in [-0.4, -0.2) is 4.98 Å². The van der Waals surface area contributed by atoms with Gasteiger partial charge in [-0.3, -0.25) is 0 Å². The highest BCUT2D eigenvalue weighted by Crippen LogP contribution is 2.27. The third kappa shape index (κ3) is 3.42. The van der Waals surface area contributed by atoms with Gasteiger partial charge in [-0.1, -0.05) is 51.4 Å². The highest BCUT2D eigenvalue weighted by molar-refractivity contribution is 6.30. The van der Waals surface area contributed by atoms with Crippen molar-refractivity contribution in [1.82, 2.24) is 4.98 Å². The van der Waals surface area contributed by atoms with Gasteiger partial charge in [0.05, 0.1) is 0 Å². The van der Waals surface area contributed by atoms with Crippen LogP contribution in [0.5, 0.6) is 0 Å². The van der Waals surface area contributed by atoms with Crippen molar-refractivity contribution < 1.29 is 0 Å². The summed E-state index contributed by atoms with van der Waals surface area (Å²) in [6, 6.07) is 10.4. The molecule has 19 heavy (non-hydrogen) atoms. The van der Waals surface area contributed by atoms with Gasteiger partial charge in [-0.2, -0.15) is 0 Å². The third-order valence-electron chi connectivity index (χ3n) is 3.42. The van der Waals surface area contributed by atoms with Gasteiger partial charge >= 0.3 is 0 Å². The highest BCUT2D eigenvalue weighted by atomic mass is 35.5. The van der Waals surface area contributed by atoms with Crippen molar-refractivity contribution in [2.24, 2.45) is 0 Å². The molecule has 0 bridgehead atoms. The van der Waals surface area contributed by atoms with E-state index in [1.54, 1.807) is 0 Å². The number of hydrogen-bond donors (Lipinski definition) is 1. The van der Waals surface area contributed by atoms with Gasteiger partial charge < -0.3 is 4.98 Å². The van der Waals surface area contributed by atoms with Gasteiger partial charge in [-0.25, -0.2) is 0 Å². The average Bonchev–Trinajstić information content (AvgIpc) is 2.73. The Morgan fingerprint density at radius 3 is 2.32 bits per heavy atom. The zero-order valence-electron chi connectivity index (χ0n) is 12.1. The maximum atomic E-state index is 6.04. The van der Waals surface area contributed by atoms with Crippen LogP contribution in [0.25, 0.3) is 0 Å². The quantitative estimate of drug-likeness (QED) is 0.758. The lowest BCUT2D eigenvalue weighted by molar-refractivity contribution is 0.772. The van der Waals surface area contributed by atoms with E-state index in [0.717, 1.165) is 11.4 Å². The molecule has 0 fully saturated rings. The molecule has 1 heterocycles. The van der Waals surface area contributed by atoms with Crippen LogP contribution in [0.4, 0.5) is 0 Å². The molecule has 0 aliphatic rings. The van der Waals surface area contributed by atoms with E-state index in [1.807, 2.05) is 18.2 Å². The van der Waals surface area contributed by atoms with Crippen molar-refractivity contribution in [2.45, 2.75) is 46.0 Å². The van der Waals surface area contributed by atoms with Crippen molar-refractivity contribution in [3.8, 4) is 0 Å². The SMILES string of the molecule is CC(C)c1cc(Cc2cccc(Cl)c2)[nH]c1C(C)C. The average molecular weight is 276 g/mol. The van der Waals surface area contributed by atoms with E-state index in [9.17, 15) is 0 Å². The molecule has 0 unspecified atom stereocenters. The lowest BCUT2D eigenvalue weighted by Gasteiger charge is -2.09. The number of nitrogens with one attached hydrogen (secondary N) is 1. The number of aromatic amines is 1. The molecule has 1 aromatic heterocycles. The molecule has 2 rings (SSSR count). The Morgan fingerprint density at radius 2 is 1.79 bits per heavy atom. The molecule has 0 amide bonds. The summed E-state index contributed by atoms with van der Waals surface area (Å²) >= 11 is 6.04. The minimum atomic E-state index is 0.533. The van der Waals surface area contributed by atoms with Crippen LogP contribution in [0.2, 0.25) is 5.02 Å². The summed E-state index contributed by atoms with van der Waals surface area (Å²) < 4.78 is 0. The fraction of sp³-hybridized carbons (Fsp3) is 0.412. The Kier molecular flexibility index (Phi) is 4.36. The van der Waals surface area contributed by atoms with Gasteiger partial charge in [-0.15, -0.1) is 0 Å². The summed E-state index contributed by atoms with van der Waals surface area (Å²) in [5.41, 5.74) is 5.33. The van der Waals surface area contributed by atoms with E-state index < -0.39 is 0 Å². The van der Waals surface area contributed by atoms with Gasteiger partial charge in [0.2, 0.25) is 0 Å². The van der Waals surface area contributed by atoms with Crippen molar-refractivity contribution >= 4 is 11.6 Å². The van der Waals surface area contributed by atoms with Gasteiger partial charge in [-0.05, 0) is 41.2 Å². The minimum absolute atomic E-state index is 0.533. The zero-order chi connectivity index (χ0) is 14.0. The Bertz CT molecular complexity index is 527. The summed E-state index contributed by atoms with van der Waals surface area (Å²) in [4.78, 5) is 3.59. The summed E-state index contributed by atoms with van der Waals surface area (Å²) in [6.45, 7) is 8.97. The molecular weight excluding hydrogens is 254 g/mol. The molecule has 1 nitrogen and oxygen atoms in total. The highest BCUT2D eigenvalue weighted by Gasteiger charge is 2.14. The number of aromatic nitrogens is 1. The number of benzene rings is 1. The molecule has 102 valence electrons. The Balaban J connectivity index is 2.28. The summed E-state index contributed by atoms with van der Waals surface area (Å²) in [7, 11) is 0. The van der Waals surface area contributed by atoms with Gasteiger partial charge in [0, 0.05) is 22.8 Å². The smallest absolute Gasteiger partial charge is 0.0408 e. The standard InChI is InChI=1S/C17H22ClN/c1-11(2)16-10-15(19-17(16)12(3)4)9-13-6-5-7-14(18)8-13/h5-8,10-12,19H,9H2,1-4H3. The fourth-order valence-electron chi connectivity index (χ4n) is 2.46. The summed E-state index contributed by atoms with van der Waals surface area (Å²) in [6.07, 6.45) is 0.910. The van der Waals surface area contributed by atoms with Crippen LogP contribution in [0.3, 0.4) is 0 Å². The lowest BCUT2D eigenvalue weighted by atomic mass is 9.97. The number of hydrogen-bond acceptors (Lipinski definition) is 0. The summed E-state index contributed by atoms with van der Waals surface area (Å²) in [5, 5.41) is 0.803. The molecule has 0 aliphatic heterocycles. The topological polar surface area (TPSA) is 15.8 Å². The van der Waals surface area contributed by atoms with Crippen molar-refractivity contribution in [3.63, 3.8) is 0 Å². The maximum absolute atomic E-state index is 6.04. The first-order valence-corrected chi connectivity index (χ1v) is 7.31. The molecule has 0 spiro atoms. The minimum Gasteiger partial charge on any atom is -0.362 e. The second kappa shape index (κ2) is 5.83. The van der Waals surface area contributed by atoms with E-state index in [-0.39, 0.29) is 0 Å². The largest absolute Gasteiger partial charge is 0.362 e. The first-order chi connectivity index (χ1) is 8.97. The van der Waals surface area contributed by atoms with Crippen LogP contribution in [0, 0.1) is 0 Å². The van der Waals surface area contributed by atoms with E-state index in [0.29, 0.717) is 11.8 Å². The Labute approximate surface area is 121 Å². The third-order valence-corrected chi connectivity index (χ3v) is 3.65. The second-order valence-corrected chi connectivity index (χ2v) is 6.22. The van der Waals surface area contributed by atoms with E-state index >= 15 is 0 Å². The first-order valence-electron chi connectivity index (χ1n) is 6.93. The number of halogens is 1. The second-order valence-electron chi connectivity index (χ2n) is 5.78. The van der Waals surface area contributed by atoms with Crippen LogP contribution in [0.15, 0.2) is 30.3 Å². The predicted molar refractivity (Wildman–Crippen MR) is 83.2 cm³/mol. The molecule has 1 aromatic carbocycles. The fourth-order valence-corrected chi connectivity index (χ4v) is 2.68. The predicted octanol–water partition coefficient (Wildman–Crippen LogP) is 5.51. The van der Waals surface area contributed by atoms with Gasteiger partial charge in [0.25, 0.3) is 0 Å². The van der Waals surface area contributed by atoms with Crippen LogP contribution in [-0.2, 0) is 6.42 Å². The molecule has 1 N–H and O–H groups in total. The monoisotopic (exact) mass is 275 g/mol. The van der Waals surface area contributed by atoms with Crippen molar-refractivity contribution in [1.29, 1.82) is 0 Å². The molecule has 0 saturated carbocycles. The number of H-pyrrole nitrogens is 1. The molecule has 0 atom stereocenters. The van der Waals surface area contributed by atoms with Gasteiger partial charge in [0.15, 0.2) is 0 Å². The molecule has 0 aliphatic carbocycles. The van der Waals surface area contributed by atoms with Crippen LogP contribution < -0.4 is 0 Å². The Morgan fingerprint density at radius 1 is 1.05 bits per heavy atom.